The Kier molecular flexibility index (Phi) is 4.08. The zero-order chi connectivity index (χ0) is 15.3. The van der Waals surface area contributed by atoms with Gasteiger partial charge in [-0.05, 0) is 36.2 Å². The van der Waals surface area contributed by atoms with E-state index in [2.05, 4.69) is 23.3 Å². The molecule has 2 aromatic rings. The number of nitrogens with one attached hydrogen (secondary N) is 2. The quantitative estimate of drug-likeness (QED) is 0.842. The van der Waals surface area contributed by atoms with Gasteiger partial charge in [0.15, 0.2) is 6.61 Å². The number of aromatic nitrogens is 1. The lowest BCUT2D eigenvalue weighted by Crippen LogP contribution is -2.35. The second-order valence-corrected chi connectivity index (χ2v) is 5.93. The predicted molar refractivity (Wildman–Crippen MR) is 92.5 cm³/mol. The van der Waals surface area contributed by atoms with Crippen LogP contribution >= 0.6 is 12.4 Å². The van der Waals surface area contributed by atoms with Gasteiger partial charge in [-0.1, -0.05) is 0 Å². The maximum Gasteiger partial charge on any atom is 0.264 e. The van der Waals surface area contributed by atoms with Gasteiger partial charge in [0.05, 0.1) is 5.69 Å². The second kappa shape index (κ2) is 5.91. The molecule has 0 atom stereocenters. The van der Waals surface area contributed by atoms with E-state index in [0.717, 1.165) is 42.2 Å². The fraction of sp³-hybridized carbons (Fsp3) is 0.353. The third-order valence-corrected chi connectivity index (χ3v) is 4.66. The molecule has 0 fully saturated rings. The van der Waals surface area contributed by atoms with Gasteiger partial charge in [0.25, 0.3) is 5.91 Å². The summed E-state index contributed by atoms with van der Waals surface area (Å²) < 4.78 is 5.50. The van der Waals surface area contributed by atoms with E-state index in [0.29, 0.717) is 0 Å². The van der Waals surface area contributed by atoms with Gasteiger partial charge < -0.3 is 19.9 Å². The Labute approximate surface area is 141 Å². The number of carbonyl (C=O) groups is 1. The first kappa shape index (κ1) is 15.9. The number of amides is 1. The molecular weight excluding hydrogens is 314 g/mol. The van der Waals surface area contributed by atoms with Crippen LogP contribution in [-0.2, 0) is 17.8 Å². The fourth-order valence-corrected chi connectivity index (χ4v) is 3.29. The first-order valence-electron chi connectivity index (χ1n) is 7.60. The lowest BCUT2D eigenvalue weighted by Gasteiger charge is -2.26. The van der Waals surface area contributed by atoms with Crippen LogP contribution in [0.5, 0.6) is 5.75 Å². The number of hydrogen-bond acceptors (Lipinski definition) is 3. The fourth-order valence-electron chi connectivity index (χ4n) is 3.29. The van der Waals surface area contributed by atoms with E-state index in [4.69, 9.17) is 4.74 Å². The average Bonchev–Trinajstić information content (AvgIpc) is 2.88. The van der Waals surface area contributed by atoms with Gasteiger partial charge in [-0.15, -0.1) is 12.4 Å². The summed E-state index contributed by atoms with van der Waals surface area (Å²) in [5.41, 5.74) is 7.05. The number of rotatable bonds is 1. The Balaban J connectivity index is 0.00000156. The van der Waals surface area contributed by atoms with E-state index in [-0.39, 0.29) is 24.9 Å². The number of anilines is 1. The zero-order valence-electron chi connectivity index (χ0n) is 13.2. The smallest absolute Gasteiger partial charge is 0.264 e. The molecule has 0 radical (unpaired) electrons. The van der Waals surface area contributed by atoms with Crippen LogP contribution < -0.4 is 15.0 Å². The number of H-pyrrole nitrogens is 1. The molecule has 1 amide bonds. The third kappa shape index (κ3) is 2.50. The van der Waals surface area contributed by atoms with Crippen molar-refractivity contribution in [3.05, 3.63) is 35.0 Å². The van der Waals surface area contributed by atoms with Crippen molar-refractivity contribution in [3.8, 4) is 17.0 Å². The monoisotopic (exact) mass is 333 g/mol. The van der Waals surface area contributed by atoms with Gasteiger partial charge >= 0.3 is 0 Å². The first-order valence-corrected chi connectivity index (χ1v) is 7.60. The average molecular weight is 334 g/mol. The van der Waals surface area contributed by atoms with Crippen molar-refractivity contribution >= 4 is 24.0 Å². The largest absolute Gasteiger partial charge is 0.482 e. The number of benzene rings is 1. The van der Waals surface area contributed by atoms with Crippen molar-refractivity contribution < 1.29 is 9.53 Å². The maximum atomic E-state index is 11.8. The number of likely N-dealkylation sites (N-methyl/N-ethyl adjacent to an activating group) is 1. The molecule has 4 rings (SSSR count). The Morgan fingerprint density at radius 2 is 2.13 bits per heavy atom. The summed E-state index contributed by atoms with van der Waals surface area (Å²) in [6.45, 7) is 4.21. The molecule has 122 valence electrons. The highest BCUT2D eigenvalue weighted by molar-refractivity contribution is 5.98. The Hall–Kier alpha value is -1.98. The summed E-state index contributed by atoms with van der Waals surface area (Å²) in [6, 6.07) is 6.04. The van der Waals surface area contributed by atoms with Gasteiger partial charge in [0, 0.05) is 43.5 Å². The van der Waals surface area contributed by atoms with Crippen LogP contribution in [0.3, 0.4) is 0 Å². The van der Waals surface area contributed by atoms with Gasteiger partial charge in [-0.3, -0.25) is 4.79 Å². The van der Waals surface area contributed by atoms with E-state index in [1.807, 2.05) is 12.1 Å². The molecule has 0 bridgehead atoms. The van der Waals surface area contributed by atoms with E-state index in [1.54, 1.807) is 11.9 Å². The number of ether oxygens (including phenoxy) is 1. The molecule has 23 heavy (non-hydrogen) atoms. The third-order valence-electron chi connectivity index (χ3n) is 4.66. The molecule has 6 heteroatoms. The van der Waals surface area contributed by atoms with Crippen molar-refractivity contribution in [1.29, 1.82) is 0 Å². The molecule has 2 N–H and O–H groups in total. The van der Waals surface area contributed by atoms with Crippen LogP contribution in [0.15, 0.2) is 18.2 Å². The van der Waals surface area contributed by atoms with Crippen molar-refractivity contribution in [3.63, 3.8) is 0 Å². The summed E-state index contributed by atoms with van der Waals surface area (Å²) in [4.78, 5) is 17.1. The minimum absolute atomic E-state index is 0. The topological polar surface area (TPSA) is 57.4 Å². The Bertz CT molecular complexity index is 769. The highest BCUT2D eigenvalue weighted by atomic mass is 35.5. The van der Waals surface area contributed by atoms with Gasteiger partial charge in [-0.2, -0.15) is 0 Å². The van der Waals surface area contributed by atoms with Crippen molar-refractivity contribution in [2.24, 2.45) is 0 Å². The number of fused-ring (bicyclic) bond motifs is 2. The molecule has 0 aliphatic carbocycles. The molecule has 0 saturated carbocycles. The predicted octanol–water partition coefficient (Wildman–Crippen LogP) is 2.41. The van der Waals surface area contributed by atoms with E-state index in [1.165, 1.54) is 16.8 Å². The van der Waals surface area contributed by atoms with Crippen LogP contribution in [0.4, 0.5) is 5.69 Å². The van der Waals surface area contributed by atoms with Crippen molar-refractivity contribution in [2.75, 3.05) is 25.1 Å². The zero-order valence-corrected chi connectivity index (χ0v) is 14.0. The molecule has 2 aliphatic rings. The van der Waals surface area contributed by atoms with E-state index < -0.39 is 0 Å². The molecular formula is C17H20ClN3O2. The van der Waals surface area contributed by atoms with Crippen LogP contribution in [-0.4, -0.2) is 31.1 Å². The van der Waals surface area contributed by atoms with Crippen LogP contribution in [0.25, 0.3) is 11.3 Å². The number of nitrogens with zero attached hydrogens (tertiary/aromatic N) is 1. The maximum absolute atomic E-state index is 11.8. The summed E-state index contributed by atoms with van der Waals surface area (Å²) in [6.07, 6.45) is 1.03. The molecule has 1 aromatic carbocycles. The van der Waals surface area contributed by atoms with Gasteiger partial charge in [-0.25, -0.2) is 0 Å². The van der Waals surface area contributed by atoms with Gasteiger partial charge in [0.2, 0.25) is 0 Å². The minimum atomic E-state index is -0.0173. The Morgan fingerprint density at radius 1 is 1.30 bits per heavy atom. The van der Waals surface area contributed by atoms with Crippen molar-refractivity contribution in [1.82, 2.24) is 10.3 Å². The highest BCUT2D eigenvalue weighted by Crippen LogP contribution is 2.37. The number of carbonyl (C=O) groups excluding carboxylic acids is 1. The number of aromatic amines is 1. The molecule has 0 saturated heterocycles. The summed E-state index contributed by atoms with van der Waals surface area (Å²) in [5.74, 6) is 0.748. The van der Waals surface area contributed by atoms with Crippen LogP contribution in [0.2, 0.25) is 0 Å². The molecule has 3 heterocycles. The normalized spacial score (nSPS) is 16.3. The number of halogens is 1. The Morgan fingerprint density at radius 3 is 2.91 bits per heavy atom. The lowest BCUT2D eigenvalue weighted by molar-refractivity contribution is -0.120. The molecule has 0 unspecified atom stereocenters. The SMILES string of the molecule is Cc1c(-c2ccc3c(c2)N(C)C(=O)CO3)[nH]c2c1CNCC2.Cl. The number of hydrogen-bond donors (Lipinski definition) is 2. The molecule has 1 aromatic heterocycles. The van der Waals surface area contributed by atoms with Crippen LogP contribution in [0, 0.1) is 6.92 Å². The van der Waals surface area contributed by atoms with E-state index >= 15 is 0 Å². The van der Waals surface area contributed by atoms with Crippen molar-refractivity contribution in [2.45, 2.75) is 19.9 Å². The van der Waals surface area contributed by atoms with Crippen LogP contribution in [0.1, 0.15) is 16.8 Å². The summed E-state index contributed by atoms with van der Waals surface area (Å²) in [7, 11) is 1.80. The lowest BCUT2D eigenvalue weighted by atomic mass is 10.0. The van der Waals surface area contributed by atoms with Gasteiger partial charge in [0.1, 0.15) is 5.75 Å². The minimum Gasteiger partial charge on any atom is -0.482 e. The highest BCUT2D eigenvalue weighted by Gasteiger charge is 2.24. The first-order chi connectivity index (χ1) is 10.6. The standard InChI is InChI=1S/C17H19N3O2.ClH/c1-10-12-8-18-6-5-13(12)19-17(10)11-3-4-15-14(7-11)20(2)16(21)9-22-15;/h3-4,7,18-19H,5-6,8-9H2,1-2H3;1H. The molecule has 0 spiro atoms. The molecule has 5 nitrogen and oxygen atoms in total. The molecule has 2 aliphatic heterocycles. The summed E-state index contributed by atoms with van der Waals surface area (Å²) >= 11 is 0. The summed E-state index contributed by atoms with van der Waals surface area (Å²) in [5, 5.41) is 3.42. The van der Waals surface area contributed by atoms with E-state index in [9.17, 15) is 4.79 Å². The second-order valence-electron chi connectivity index (χ2n) is 5.93.